The van der Waals surface area contributed by atoms with E-state index in [-0.39, 0.29) is 11.9 Å². The van der Waals surface area contributed by atoms with E-state index in [1.54, 1.807) is 0 Å². The molecule has 4 rings (SSSR count). The molecular weight excluding hydrogens is 394 g/mol. The predicted molar refractivity (Wildman–Crippen MR) is 123 cm³/mol. The van der Waals surface area contributed by atoms with Crippen molar-refractivity contribution in [2.24, 2.45) is 0 Å². The van der Waals surface area contributed by atoms with Gasteiger partial charge in [0.15, 0.2) is 0 Å². The Morgan fingerprint density at radius 3 is 2.73 bits per heavy atom. The summed E-state index contributed by atoms with van der Waals surface area (Å²) in [5, 5.41) is 3.53. The van der Waals surface area contributed by atoms with Crippen LogP contribution < -0.4 is 10.1 Å². The average Bonchev–Trinajstić information content (AvgIpc) is 3.28. The molecule has 0 radical (unpaired) electrons. The number of anilines is 1. The first-order valence-corrected chi connectivity index (χ1v) is 11.0. The number of hydrogen-bond donors (Lipinski definition) is 1. The van der Waals surface area contributed by atoms with Crippen LogP contribution in [-0.2, 0) is 16.1 Å². The fourth-order valence-electron chi connectivity index (χ4n) is 4.10. The molecular formula is C25H27NO3S. The van der Waals surface area contributed by atoms with Crippen LogP contribution in [0.15, 0.2) is 42.5 Å². The Kier molecular flexibility index (Phi) is 5.82. The highest BCUT2D eigenvalue weighted by Gasteiger charge is 2.27. The summed E-state index contributed by atoms with van der Waals surface area (Å²) < 4.78 is 10.6. The lowest BCUT2D eigenvalue weighted by Crippen LogP contribution is -2.09. The monoisotopic (exact) mass is 421 g/mol. The zero-order valence-electron chi connectivity index (χ0n) is 17.9. The van der Waals surface area contributed by atoms with Crippen LogP contribution in [0.4, 0.5) is 5.69 Å². The molecule has 2 heterocycles. The average molecular weight is 422 g/mol. The van der Waals surface area contributed by atoms with E-state index in [1.807, 2.05) is 17.4 Å². The molecule has 0 spiro atoms. The highest BCUT2D eigenvalue weighted by molar-refractivity contribution is 7.12. The number of carbonyl (C=O) groups is 1. The Balaban J connectivity index is 1.49. The van der Waals surface area contributed by atoms with Crippen molar-refractivity contribution in [2.45, 2.75) is 39.7 Å². The quantitative estimate of drug-likeness (QED) is 0.497. The zero-order chi connectivity index (χ0) is 21.3. The van der Waals surface area contributed by atoms with Gasteiger partial charge in [0.25, 0.3) is 0 Å². The van der Waals surface area contributed by atoms with Crippen LogP contribution in [-0.4, -0.2) is 19.7 Å². The number of ether oxygens (including phenoxy) is 2. The molecule has 0 fully saturated rings. The summed E-state index contributed by atoms with van der Waals surface area (Å²) in [6.45, 7) is 7.81. The molecule has 156 valence electrons. The van der Waals surface area contributed by atoms with Gasteiger partial charge in [-0.1, -0.05) is 24.3 Å². The number of thiophene rings is 1. The van der Waals surface area contributed by atoms with Crippen molar-refractivity contribution in [3.8, 4) is 16.9 Å². The van der Waals surface area contributed by atoms with Gasteiger partial charge in [0.1, 0.15) is 5.75 Å². The molecule has 1 aliphatic rings. The molecule has 30 heavy (non-hydrogen) atoms. The molecule has 0 saturated carbocycles. The van der Waals surface area contributed by atoms with Gasteiger partial charge in [-0.3, -0.25) is 4.79 Å². The van der Waals surface area contributed by atoms with Crippen molar-refractivity contribution in [1.82, 2.24) is 0 Å². The highest BCUT2D eigenvalue weighted by atomic mass is 32.1. The topological polar surface area (TPSA) is 47.6 Å². The van der Waals surface area contributed by atoms with E-state index in [1.165, 1.54) is 39.1 Å². The number of methoxy groups -OCH3 is 1. The van der Waals surface area contributed by atoms with Crippen LogP contribution in [0.5, 0.6) is 5.75 Å². The number of esters is 1. The Bertz CT molecular complexity index is 1090. The number of nitrogens with one attached hydrogen (secondary N) is 1. The molecule has 1 aliphatic heterocycles. The molecule has 0 aliphatic carbocycles. The fourth-order valence-corrected chi connectivity index (χ4v) is 5.04. The number of benzene rings is 2. The molecule has 0 bridgehead atoms. The van der Waals surface area contributed by atoms with Gasteiger partial charge < -0.3 is 14.8 Å². The van der Waals surface area contributed by atoms with Crippen molar-refractivity contribution >= 4 is 23.0 Å². The third kappa shape index (κ3) is 4.08. The minimum absolute atomic E-state index is 0.0673. The first-order valence-electron chi connectivity index (χ1n) is 10.2. The van der Waals surface area contributed by atoms with E-state index >= 15 is 0 Å². The van der Waals surface area contributed by atoms with Crippen LogP contribution in [0.2, 0.25) is 0 Å². The number of hydrogen-bond acceptors (Lipinski definition) is 5. The summed E-state index contributed by atoms with van der Waals surface area (Å²) in [5.74, 6) is 0.714. The number of rotatable bonds is 6. The molecule has 3 aromatic rings. The van der Waals surface area contributed by atoms with E-state index in [0.717, 1.165) is 23.5 Å². The van der Waals surface area contributed by atoms with Gasteiger partial charge in [0, 0.05) is 39.5 Å². The molecule has 1 N–H and O–H groups in total. The van der Waals surface area contributed by atoms with Gasteiger partial charge in [-0.2, -0.15) is 0 Å². The lowest BCUT2D eigenvalue weighted by Gasteiger charge is -2.14. The molecule has 4 nitrogen and oxygen atoms in total. The normalized spacial score (nSPS) is 14.9. The molecule has 0 unspecified atom stereocenters. The Morgan fingerprint density at radius 2 is 2.00 bits per heavy atom. The summed E-state index contributed by atoms with van der Waals surface area (Å²) in [6, 6.07) is 14.9. The molecule has 2 aromatic carbocycles. The van der Waals surface area contributed by atoms with Gasteiger partial charge >= 0.3 is 5.97 Å². The van der Waals surface area contributed by atoms with E-state index in [9.17, 15) is 4.79 Å². The van der Waals surface area contributed by atoms with Crippen LogP contribution in [0.25, 0.3) is 11.1 Å². The second-order valence-corrected chi connectivity index (χ2v) is 9.27. The molecule has 1 aromatic heterocycles. The Hall–Kier alpha value is -2.79. The van der Waals surface area contributed by atoms with E-state index < -0.39 is 0 Å². The maximum atomic E-state index is 11.6. The molecule has 1 atom stereocenters. The molecule has 0 saturated heterocycles. The van der Waals surface area contributed by atoms with Crippen LogP contribution >= 0.6 is 11.3 Å². The third-order valence-corrected chi connectivity index (χ3v) is 6.76. The van der Waals surface area contributed by atoms with Crippen LogP contribution in [0.1, 0.15) is 38.8 Å². The van der Waals surface area contributed by atoms with Crippen molar-refractivity contribution < 1.29 is 14.3 Å². The SMILES string of the molecule is COC(=O)C[C@@H]1COc2cc(NCc3cccc(-c4cc(C)sc4C)c3C)ccc21. The van der Waals surface area contributed by atoms with Crippen molar-refractivity contribution in [2.75, 3.05) is 19.0 Å². The van der Waals surface area contributed by atoms with Crippen molar-refractivity contribution in [3.05, 3.63) is 68.9 Å². The minimum Gasteiger partial charge on any atom is -0.493 e. The zero-order valence-corrected chi connectivity index (χ0v) is 18.7. The lowest BCUT2D eigenvalue weighted by atomic mass is 9.96. The summed E-state index contributed by atoms with van der Waals surface area (Å²) in [5.41, 5.74) is 7.31. The van der Waals surface area contributed by atoms with Crippen LogP contribution in [0.3, 0.4) is 0 Å². The van der Waals surface area contributed by atoms with E-state index in [2.05, 4.69) is 62.5 Å². The van der Waals surface area contributed by atoms with Gasteiger partial charge in [-0.05, 0) is 55.2 Å². The molecule has 0 amide bonds. The lowest BCUT2D eigenvalue weighted by molar-refractivity contribution is -0.141. The summed E-state index contributed by atoms with van der Waals surface area (Å²) in [4.78, 5) is 14.3. The van der Waals surface area contributed by atoms with E-state index in [0.29, 0.717) is 13.0 Å². The molecule has 5 heteroatoms. The fraction of sp³-hybridized carbons (Fsp3) is 0.320. The first kappa shape index (κ1) is 20.5. The smallest absolute Gasteiger partial charge is 0.306 e. The largest absolute Gasteiger partial charge is 0.493 e. The summed E-state index contributed by atoms with van der Waals surface area (Å²) in [7, 11) is 1.42. The second-order valence-electron chi connectivity index (χ2n) is 7.81. The third-order valence-electron chi connectivity index (χ3n) is 5.79. The number of fused-ring (bicyclic) bond motifs is 1. The second kappa shape index (κ2) is 8.52. The van der Waals surface area contributed by atoms with Gasteiger partial charge in [-0.15, -0.1) is 11.3 Å². The first-order chi connectivity index (χ1) is 14.5. The van der Waals surface area contributed by atoms with Crippen molar-refractivity contribution in [3.63, 3.8) is 0 Å². The minimum atomic E-state index is -0.204. The Labute approximate surface area is 181 Å². The predicted octanol–water partition coefficient (Wildman–Crippen LogP) is 5.99. The maximum Gasteiger partial charge on any atom is 0.306 e. The summed E-state index contributed by atoms with van der Waals surface area (Å²) >= 11 is 1.85. The van der Waals surface area contributed by atoms with E-state index in [4.69, 9.17) is 9.47 Å². The van der Waals surface area contributed by atoms with Gasteiger partial charge in [-0.25, -0.2) is 0 Å². The highest BCUT2D eigenvalue weighted by Crippen LogP contribution is 2.38. The number of aryl methyl sites for hydroxylation is 2. The van der Waals surface area contributed by atoms with Gasteiger partial charge in [0.05, 0.1) is 20.1 Å². The van der Waals surface area contributed by atoms with Crippen molar-refractivity contribution in [1.29, 1.82) is 0 Å². The standard InChI is InChI=1S/C25H27NO3S/c1-15-10-23(17(3)30-15)21-7-5-6-18(16(21)2)13-26-20-8-9-22-19(11-25(27)28-4)14-29-24(22)12-20/h5-10,12,19,26H,11,13-14H2,1-4H3/t19-/m1/s1. The maximum absolute atomic E-state index is 11.6. The number of carbonyl (C=O) groups excluding carboxylic acids is 1. The Morgan fingerprint density at radius 1 is 1.17 bits per heavy atom. The van der Waals surface area contributed by atoms with Crippen LogP contribution in [0, 0.1) is 20.8 Å². The summed E-state index contributed by atoms with van der Waals surface area (Å²) in [6.07, 6.45) is 0.351. The van der Waals surface area contributed by atoms with Gasteiger partial charge in [0.2, 0.25) is 0 Å².